The molecule has 2 saturated heterocycles. The van der Waals surface area contributed by atoms with Gasteiger partial charge in [0.05, 0.1) is 30.7 Å². The van der Waals surface area contributed by atoms with Crippen LogP contribution in [-0.2, 0) is 19.1 Å². The highest BCUT2D eigenvalue weighted by Gasteiger charge is 2.68. The summed E-state index contributed by atoms with van der Waals surface area (Å²) in [5.74, 6) is -1.54. The average molecular weight is 403 g/mol. The monoisotopic (exact) mass is 403 g/mol. The number of ether oxygens (including phenoxy) is 2. The highest BCUT2D eigenvalue weighted by molar-refractivity contribution is 5.91. The molecule has 2 bridgehead atoms. The van der Waals surface area contributed by atoms with Crippen LogP contribution in [0.25, 0.3) is 0 Å². The lowest BCUT2D eigenvalue weighted by molar-refractivity contribution is -0.157. The molecule has 2 fully saturated rings. The first kappa shape index (κ1) is 19.1. The van der Waals surface area contributed by atoms with Crippen molar-refractivity contribution in [1.82, 2.24) is 4.90 Å². The Bertz CT molecular complexity index is 947. The van der Waals surface area contributed by atoms with E-state index in [1.807, 2.05) is 91.6 Å². The first-order chi connectivity index (χ1) is 14.5. The summed E-state index contributed by atoms with van der Waals surface area (Å²) in [6.07, 6.45) is 3.27. The van der Waals surface area contributed by atoms with Crippen LogP contribution < -0.4 is 0 Å². The third kappa shape index (κ3) is 2.88. The standard InChI is InChI=1S/C25H25NO4/c1-16(2)29-24(28)20-19-13-14-25(30-19)15-26(23(27)21(20)25)22(17-9-5-3-6-10-17)18-11-7-4-8-12-18/h3-14,16,19-22H,15H2,1-2H3/t19-,20-,21-,25+/m1/s1. The molecule has 3 aliphatic rings. The van der Waals surface area contributed by atoms with E-state index in [9.17, 15) is 9.59 Å². The fourth-order valence-corrected chi connectivity index (χ4v) is 5.15. The van der Waals surface area contributed by atoms with Gasteiger partial charge in [0, 0.05) is 0 Å². The van der Waals surface area contributed by atoms with Crippen molar-refractivity contribution in [3.63, 3.8) is 0 Å². The van der Waals surface area contributed by atoms with Gasteiger partial charge >= 0.3 is 5.97 Å². The molecule has 0 aromatic heterocycles. The van der Waals surface area contributed by atoms with Crippen LogP contribution in [0.1, 0.15) is 31.0 Å². The molecule has 0 N–H and O–H groups in total. The Hall–Kier alpha value is -2.92. The van der Waals surface area contributed by atoms with Gasteiger partial charge in [-0.25, -0.2) is 0 Å². The molecule has 1 amide bonds. The van der Waals surface area contributed by atoms with Crippen LogP contribution in [0.3, 0.4) is 0 Å². The Morgan fingerprint density at radius 3 is 2.23 bits per heavy atom. The summed E-state index contributed by atoms with van der Waals surface area (Å²) in [5, 5.41) is 0. The third-order valence-corrected chi connectivity index (χ3v) is 6.30. The zero-order valence-electron chi connectivity index (χ0n) is 17.1. The summed E-state index contributed by atoms with van der Waals surface area (Å²) in [7, 11) is 0. The first-order valence-electron chi connectivity index (χ1n) is 10.5. The Morgan fingerprint density at radius 1 is 1.07 bits per heavy atom. The van der Waals surface area contributed by atoms with Crippen LogP contribution in [0.2, 0.25) is 0 Å². The molecule has 30 heavy (non-hydrogen) atoms. The Labute approximate surface area is 176 Å². The topological polar surface area (TPSA) is 55.8 Å². The van der Waals surface area contributed by atoms with E-state index < -0.39 is 17.4 Å². The number of hydrogen-bond donors (Lipinski definition) is 0. The molecule has 0 radical (unpaired) electrons. The van der Waals surface area contributed by atoms with Crippen molar-refractivity contribution in [2.45, 2.75) is 37.7 Å². The van der Waals surface area contributed by atoms with E-state index in [1.165, 1.54) is 0 Å². The number of fused-ring (bicyclic) bond motifs is 1. The van der Waals surface area contributed by atoms with Crippen molar-refractivity contribution in [2.75, 3.05) is 6.54 Å². The van der Waals surface area contributed by atoms with E-state index >= 15 is 0 Å². The van der Waals surface area contributed by atoms with Gasteiger partial charge in [0.15, 0.2) is 0 Å². The number of nitrogens with zero attached hydrogens (tertiary/aromatic N) is 1. The number of amides is 1. The molecule has 0 aliphatic carbocycles. The molecule has 2 aromatic carbocycles. The van der Waals surface area contributed by atoms with Gasteiger partial charge in [-0.15, -0.1) is 0 Å². The van der Waals surface area contributed by atoms with E-state index in [4.69, 9.17) is 9.47 Å². The summed E-state index contributed by atoms with van der Waals surface area (Å²) < 4.78 is 11.7. The molecular formula is C25H25NO4. The van der Waals surface area contributed by atoms with Crippen molar-refractivity contribution in [3.8, 4) is 0 Å². The fourth-order valence-electron chi connectivity index (χ4n) is 5.15. The van der Waals surface area contributed by atoms with Crippen molar-refractivity contribution < 1.29 is 19.1 Å². The van der Waals surface area contributed by atoms with E-state index in [0.29, 0.717) is 6.54 Å². The quantitative estimate of drug-likeness (QED) is 0.566. The summed E-state index contributed by atoms with van der Waals surface area (Å²) in [5.41, 5.74) is 1.31. The molecule has 0 saturated carbocycles. The minimum absolute atomic E-state index is 0.0507. The van der Waals surface area contributed by atoms with Crippen LogP contribution in [0.4, 0.5) is 0 Å². The number of hydrogen-bond acceptors (Lipinski definition) is 4. The fraction of sp³-hybridized carbons (Fsp3) is 0.360. The first-order valence-corrected chi connectivity index (χ1v) is 10.5. The largest absolute Gasteiger partial charge is 0.463 e. The number of rotatable bonds is 5. The number of likely N-dealkylation sites (tertiary alicyclic amines) is 1. The van der Waals surface area contributed by atoms with E-state index in [0.717, 1.165) is 11.1 Å². The Balaban J connectivity index is 1.54. The molecular weight excluding hydrogens is 378 g/mol. The lowest BCUT2D eigenvalue weighted by Crippen LogP contribution is -2.40. The molecule has 5 heteroatoms. The normalized spacial score (nSPS) is 29.1. The van der Waals surface area contributed by atoms with Crippen LogP contribution in [0, 0.1) is 11.8 Å². The molecule has 5 rings (SSSR count). The molecule has 0 unspecified atom stereocenters. The van der Waals surface area contributed by atoms with Gasteiger partial charge in [0.2, 0.25) is 5.91 Å². The number of benzene rings is 2. The second-order valence-corrected chi connectivity index (χ2v) is 8.58. The molecule has 2 aromatic rings. The number of carbonyl (C=O) groups is 2. The summed E-state index contributed by atoms with van der Waals surface area (Å²) in [6, 6.07) is 19.8. The van der Waals surface area contributed by atoms with E-state index in [2.05, 4.69) is 0 Å². The summed E-state index contributed by atoms with van der Waals surface area (Å²) in [4.78, 5) is 28.5. The van der Waals surface area contributed by atoms with Gasteiger partial charge in [0.1, 0.15) is 11.5 Å². The highest BCUT2D eigenvalue weighted by atomic mass is 16.6. The zero-order chi connectivity index (χ0) is 20.9. The lowest BCUT2D eigenvalue weighted by atomic mass is 9.77. The lowest BCUT2D eigenvalue weighted by Gasteiger charge is -2.31. The Morgan fingerprint density at radius 2 is 1.67 bits per heavy atom. The van der Waals surface area contributed by atoms with E-state index in [-0.39, 0.29) is 30.1 Å². The van der Waals surface area contributed by atoms with Gasteiger partial charge in [-0.1, -0.05) is 72.8 Å². The average Bonchev–Trinajstić information content (AvgIpc) is 3.38. The van der Waals surface area contributed by atoms with Gasteiger partial charge in [-0.3, -0.25) is 9.59 Å². The predicted octanol–water partition coefficient (Wildman–Crippen LogP) is 3.51. The molecule has 4 atom stereocenters. The van der Waals surface area contributed by atoms with Crippen molar-refractivity contribution >= 4 is 11.9 Å². The summed E-state index contributed by atoms with van der Waals surface area (Å²) >= 11 is 0. The third-order valence-electron chi connectivity index (χ3n) is 6.30. The minimum atomic E-state index is -0.760. The maximum Gasteiger partial charge on any atom is 0.313 e. The SMILES string of the molecule is CC(C)OC(=O)[C@@H]1[C@H]2C=C[C@@]3(CN(C(c4ccccc4)c4ccccc4)C(=O)[C@@H]13)O2. The molecule has 3 aliphatic heterocycles. The maximum atomic E-state index is 13.8. The van der Waals surface area contributed by atoms with Gasteiger partial charge < -0.3 is 14.4 Å². The number of carbonyl (C=O) groups excluding carboxylic acids is 2. The molecule has 3 heterocycles. The van der Waals surface area contributed by atoms with Crippen molar-refractivity contribution in [1.29, 1.82) is 0 Å². The van der Waals surface area contributed by atoms with Gasteiger partial charge in [-0.2, -0.15) is 0 Å². The van der Waals surface area contributed by atoms with Gasteiger partial charge in [0.25, 0.3) is 0 Å². The highest BCUT2D eigenvalue weighted by Crippen LogP contribution is 2.54. The van der Waals surface area contributed by atoms with Gasteiger partial charge in [-0.05, 0) is 25.0 Å². The maximum absolute atomic E-state index is 13.8. The predicted molar refractivity (Wildman–Crippen MR) is 111 cm³/mol. The van der Waals surface area contributed by atoms with Crippen LogP contribution in [0.5, 0.6) is 0 Å². The minimum Gasteiger partial charge on any atom is -0.463 e. The van der Waals surface area contributed by atoms with Crippen molar-refractivity contribution in [3.05, 3.63) is 83.9 Å². The van der Waals surface area contributed by atoms with Crippen LogP contribution >= 0.6 is 0 Å². The van der Waals surface area contributed by atoms with Crippen LogP contribution in [0.15, 0.2) is 72.8 Å². The smallest absolute Gasteiger partial charge is 0.313 e. The molecule has 154 valence electrons. The van der Waals surface area contributed by atoms with Crippen LogP contribution in [-0.4, -0.2) is 41.1 Å². The van der Waals surface area contributed by atoms with E-state index in [1.54, 1.807) is 0 Å². The Kier molecular flexibility index (Phi) is 4.51. The number of esters is 1. The zero-order valence-corrected chi connectivity index (χ0v) is 17.1. The van der Waals surface area contributed by atoms with Crippen molar-refractivity contribution in [2.24, 2.45) is 11.8 Å². The second-order valence-electron chi connectivity index (χ2n) is 8.58. The molecule has 1 spiro atoms. The molecule has 5 nitrogen and oxygen atoms in total. The summed E-state index contributed by atoms with van der Waals surface area (Å²) in [6.45, 7) is 4.06. The second kappa shape index (κ2) is 7.10.